The predicted octanol–water partition coefficient (Wildman–Crippen LogP) is 3.95. The fraction of sp³-hybridized carbons (Fsp3) is 0.625. The summed E-state index contributed by atoms with van der Waals surface area (Å²) in [6.45, 7) is 2.23. The van der Waals surface area contributed by atoms with Crippen LogP contribution in [0.15, 0.2) is 24.3 Å². The number of unbranched alkanes of at least 4 members (excludes halogenated alkanes) is 5. The molecule has 0 bridgehead atoms. The number of benzene rings is 1. The van der Waals surface area contributed by atoms with Crippen LogP contribution in [0.2, 0.25) is 0 Å². The molecule has 3 N–H and O–H groups in total. The summed E-state index contributed by atoms with van der Waals surface area (Å²) in [4.78, 5) is 0. The lowest BCUT2D eigenvalue weighted by molar-refractivity contribution is 0.459. The highest BCUT2D eigenvalue weighted by Crippen LogP contribution is 2.12. The molecule has 0 saturated heterocycles. The van der Waals surface area contributed by atoms with Crippen molar-refractivity contribution in [3.05, 3.63) is 35.6 Å². The molecule has 1 unspecified atom stereocenters. The summed E-state index contributed by atoms with van der Waals surface area (Å²) in [5.41, 5.74) is 4.01. The topological polar surface area (TPSA) is 38.0 Å². The Hall–Kier alpha value is -0.930. The zero-order valence-corrected chi connectivity index (χ0v) is 12.0. The smallest absolute Gasteiger partial charge is 0.123 e. The van der Waals surface area contributed by atoms with E-state index in [1.165, 1.54) is 50.7 Å². The van der Waals surface area contributed by atoms with E-state index in [-0.39, 0.29) is 11.9 Å². The van der Waals surface area contributed by atoms with Gasteiger partial charge in [0.25, 0.3) is 0 Å². The maximum Gasteiger partial charge on any atom is 0.123 e. The third-order valence-corrected chi connectivity index (χ3v) is 3.54. The van der Waals surface area contributed by atoms with Gasteiger partial charge in [0.2, 0.25) is 0 Å². The maximum atomic E-state index is 12.8. The van der Waals surface area contributed by atoms with E-state index in [4.69, 9.17) is 5.84 Å². The molecule has 19 heavy (non-hydrogen) atoms. The minimum atomic E-state index is -0.183. The molecule has 0 aliphatic rings. The van der Waals surface area contributed by atoms with Crippen molar-refractivity contribution in [3.63, 3.8) is 0 Å². The van der Waals surface area contributed by atoms with Gasteiger partial charge in [-0.25, -0.2) is 4.39 Å². The van der Waals surface area contributed by atoms with Crippen molar-refractivity contribution in [1.82, 2.24) is 5.43 Å². The second kappa shape index (κ2) is 9.93. The number of nitrogens with two attached hydrogens (primary N) is 1. The van der Waals surface area contributed by atoms with Crippen LogP contribution in [0.1, 0.15) is 57.4 Å². The van der Waals surface area contributed by atoms with Gasteiger partial charge in [-0.15, -0.1) is 0 Å². The minimum Gasteiger partial charge on any atom is -0.271 e. The molecule has 0 spiro atoms. The molecule has 0 aliphatic carbocycles. The van der Waals surface area contributed by atoms with Gasteiger partial charge in [-0.05, 0) is 30.5 Å². The first kappa shape index (κ1) is 16.1. The van der Waals surface area contributed by atoms with Gasteiger partial charge >= 0.3 is 0 Å². The van der Waals surface area contributed by atoms with Crippen molar-refractivity contribution in [2.75, 3.05) is 0 Å². The van der Waals surface area contributed by atoms with Crippen LogP contribution in [0, 0.1) is 5.82 Å². The van der Waals surface area contributed by atoms with Crippen molar-refractivity contribution in [1.29, 1.82) is 0 Å². The number of hydrogen-bond acceptors (Lipinski definition) is 2. The third kappa shape index (κ3) is 7.28. The van der Waals surface area contributed by atoms with Gasteiger partial charge in [0, 0.05) is 6.04 Å². The molecule has 0 aliphatic heterocycles. The molecule has 1 aromatic rings. The normalized spacial score (nSPS) is 12.6. The van der Waals surface area contributed by atoms with E-state index in [9.17, 15) is 4.39 Å². The first-order valence-corrected chi connectivity index (χ1v) is 7.46. The van der Waals surface area contributed by atoms with Crippen LogP contribution < -0.4 is 11.3 Å². The monoisotopic (exact) mass is 266 g/mol. The van der Waals surface area contributed by atoms with Gasteiger partial charge < -0.3 is 0 Å². The largest absolute Gasteiger partial charge is 0.271 e. The molecule has 3 heteroatoms. The van der Waals surface area contributed by atoms with Crippen LogP contribution in [0.4, 0.5) is 4.39 Å². The molecule has 1 rings (SSSR count). The lowest BCUT2D eigenvalue weighted by Crippen LogP contribution is -2.36. The number of rotatable bonds is 10. The Morgan fingerprint density at radius 1 is 1.05 bits per heavy atom. The van der Waals surface area contributed by atoms with E-state index in [1.807, 2.05) is 12.1 Å². The molecule has 0 radical (unpaired) electrons. The SMILES string of the molecule is CCCCCCCCC(Cc1ccc(F)cc1)NN. The summed E-state index contributed by atoms with van der Waals surface area (Å²) in [5, 5.41) is 0. The lowest BCUT2D eigenvalue weighted by atomic mass is 10.00. The summed E-state index contributed by atoms with van der Waals surface area (Å²) < 4.78 is 12.8. The number of hydrazine groups is 1. The Balaban J connectivity index is 2.20. The molecule has 0 aromatic heterocycles. The Kier molecular flexibility index (Phi) is 8.43. The average molecular weight is 266 g/mol. The van der Waals surface area contributed by atoms with Crippen molar-refractivity contribution < 1.29 is 4.39 Å². The minimum absolute atomic E-state index is 0.183. The van der Waals surface area contributed by atoms with E-state index in [0.29, 0.717) is 0 Å². The fourth-order valence-electron chi connectivity index (χ4n) is 2.32. The van der Waals surface area contributed by atoms with Gasteiger partial charge in [0.15, 0.2) is 0 Å². The molecular formula is C16H27FN2. The van der Waals surface area contributed by atoms with Crippen molar-refractivity contribution in [3.8, 4) is 0 Å². The first-order chi connectivity index (χ1) is 9.26. The number of halogens is 1. The summed E-state index contributed by atoms with van der Waals surface area (Å²) in [6.07, 6.45) is 9.73. The highest BCUT2D eigenvalue weighted by molar-refractivity contribution is 5.17. The van der Waals surface area contributed by atoms with E-state index in [1.54, 1.807) is 0 Å². The lowest BCUT2D eigenvalue weighted by Gasteiger charge is -2.15. The number of hydrogen-bond donors (Lipinski definition) is 2. The van der Waals surface area contributed by atoms with Gasteiger partial charge in [-0.1, -0.05) is 57.6 Å². The molecule has 0 saturated carbocycles. The van der Waals surface area contributed by atoms with Crippen LogP contribution in [0.25, 0.3) is 0 Å². The van der Waals surface area contributed by atoms with Crippen LogP contribution in [0.5, 0.6) is 0 Å². The third-order valence-electron chi connectivity index (χ3n) is 3.54. The Labute approximate surface area is 116 Å². The van der Waals surface area contributed by atoms with Crippen molar-refractivity contribution in [2.24, 2.45) is 5.84 Å². The Bertz CT molecular complexity index is 324. The molecular weight excluding hydrogens is 239 g/mol. The maximum absolute atomic E-state index is 12.8. The highest BCUT2D eigenvalue weighted by Gasteiger charge is 2.07. The summed E-state index contributed by atoms with van der Waals surface area (Å²) in [6, 6.07) is 6.97. The Morgan fingerprint density at radius 2 is 1.68 bits per heavy atom. The van der Waals surface area contributed by atoms with Crippen molar-refractivity contribution in [2.45, 2.75) is 64.3 Å². The summed E-state index contributed by atoms with van der Waals surface area (Å²) >= 11 is 0. The highest BCUT2D eigenvalue weighted by atomic mass is 19.1. The second-order valence-corrected chi connectivity index (χ2v) is 5.25. The van der Waals surface area contributed by atoms with Gasteiger partial charge in [0.05, 0.1) is 0 Å². The zero-order chi connectivity index (χ0) is 13.9. The van der Waals surface area contributed by atoms with Crippen LogP contribution >= 0.6 is 0 Å². The zero-order valence-electron chi connectivity index (χ0n) is 12.0. The van der Waals surface area contributed by atoms with E-state index < -0.39 is 0 Å². The molecule has 1 aromatic carbocycles. The van der Waals surface area contributed by atoms with E-state index in [2.05, 4.69) is 12.3 Å². The predicted molar refractivity (Wildman–Crippen MR) is 79.2 cm³/mol. The van der Waals surface area contributed by atoms with Crippen LogP contribution in [-0.4, -0.2) is 6.04 Å². The quantitative estimate of drug-likeness (QED) is 0.382. The van der Waals surface area contributed by atoms with Gasteiger partial charge in [0.1, 0.15) is 5.82 Å². The van der Waals surface area contributed by atoms with E-state index >= 15 is 0 Å². The van der Waals surface area contributed by atoms with Crippen LogP contribution in [0.3, 0.4) is 0 Å². The van der Waals surface area contributed by atoms with Crippen LogP contribution in [-0.2, 0) is 6.42 Å². The Morgan fingerprint density at radius 3 is 2.32 bits per heavy atom. The molecule has 2 nitrogen and oxygen atoms in total. The number of nitrogens with one attached hydrogen (secondary N) is 1. The second-order valence-electron chi connectivity index (χ2n) is 5.25. The summed E-state index contributed by atoms with van der Waals surface area (Å²) in [7, 11) is 0. The molecule has 0 amide bonds. The van der Waals surface area contributed by atoms with E-state index in [0.717, 1.165) is 18.4 Å². The van der Waals surface area contributed by atoms with Crippen molar-refractivity contribution >= 4 is 0 Å². The summed E-state index contributed by atoms with van der Waals surface area (Å²) in [5.74, 6) is 5.41. The van der Waals surface area contributed by atoms with Gasteiger partial charge in [-0.3, -0.25) is 11.3 Å². The molecule has 1 atom stereocenters. The standard InChI is InChI=1S/C16H27FN2/c1-2-3-4-5-6-7-8-16(19-18)13-14-9-11-15(17)12-10-14/h9-12,16,19H,2-8,13,18H2,1H3. The average Bonchev–Trinajstić information content (AvgIpc) is 2.43. The van der Waals surface area contributed by atoms with Gasteiger partial charge in [-0.2, -0.15) is 0 Å². The molecule has 108 valence electrons. The molecule has 0 heterocycles. The fourth-order valence-corrected chi connectivity index (χ4v) is 2.32. The first-order valence-electron chi connectivity index (χ1n) is 7.46. The molecule has 0 fully saturated rings.